The third-order valence-corrected chi connectivity index (χ3v) is 8.52. The molecule has 2 saturated heterocycles. The van der Waals surface area contributed by atoms with Crippen LogP contribution in [0.1, 0.15) is 54.1 Å². The summed E-state index contributed by atoms with van der Waals surface area (Å²) in [4.78, 5) is 28.6. The third-order valence-electron chi connectivity index (χ3n) is 7.53. The Morgan fingerprint density at radius 2 is 2.00 bits per heavy atom. The third kappa shape index (κ3) is 4.85. The van der Waals surface area contributed by atoms with E-state index in [4.69, 9.17) is 0 Å². The zero-order valence-corrected chi connectivity index (χ0v) is 21.8. The van der Waals surface area contributed by atoms with Crippen molar-refractivity contribution in [2.75, 3.05) is 32.7 Å². The van der Waals surface area contributed by atoms with Gasteiger partial charge in [0, 0.05) is 31.2 Å². The fourth-order valence-electron chi connectivity index (χ4n) is 5.41. The SMILES string of the molecule is O=C(NCCCN1CCC(F)CC1)c1ccc2c(c1)sc1nn(-c3ccc([C@@H]4CCCN4)cc3F)c(=O)n12. The van der Waals surface area contributed by atoms with E-state index >= 15 is 4.39 Å². The number of hydrogen-bond acceptors (Lipinski definition) is 6. The van der Waals surface area contributed by atoms with E-state index in [-0.39, 0.29) is 17.6 Å². The van der Waals surface area contributed by atoms with Crippen molar-refractivity contribution in [1.29, 1.82) is 0 Å². The van der Waals surface area contributed by atoms with Crippen molar-refractivity contribution >= 4 is 32.4 Å². The quantitative estimate of drug-likeness (QED) is 0.349. The predicted molar refractivity (Wildman–Crippen MR) is 144 cm³/mol. The molecule has 4 heterocycles. The number of hydrogen-bond donors (Lipinski definition) is 2. The number of carbonyl (C=O) groups is 1. The second-order valence-corrected chi connectivity index (χ2v) is 11.1. The lowest BCUT2D eigenvalue weighted by Gasteiger charge is -2.28. The highest BCUT2D eigenvalue weighted by molar-refractivity contribution is 7.23. The van der Waals surface area contributed by atoms with Gasteiger partial charge in [-0.05, 0) is 81.1 Å². The number of amides is 1. The number of fused-ring (bicyclic) bond motifs is 3. The minimum atomic E-state index is -0.685. The van der Waals surface area contributed by atoms with Gasteiger partial charge in [0.1, 0.15) is 17.7 Å². The number of halogens is 2. The summed E-state index contributed by atoms with van der Waals surface area (Å²) in [5.41, 5.74) is 1.66. The van der Waals surface area contributed by atoms with Crippen LogP contribution in [0.5, 0.6) is 0 Å². The number of rotatable bonds is 7. The normalized spacial score (nSPS) is 19.1. The molecule has 2 aliphatic heterocycles. The Kier molecular flexibility index (Phi) is 6.98. The Morgan fingerprint density at radius 1 is 1.16 bits per heavy atom. The fraction of sp³-hybridized carbons (Fsp3) is 0.444. The predicted octanol–water partition coefficient (Wildman–Crippen LogP) is 3.82. The molecule has 0 spiro atoms. The van der Waals surface area contributed by atoms with Gasteiger partial charge in [0.15, 0.2) is 0 Å². The summed E-state index contributed by atoms with van der Waals surface area (Å²) < 4.78 is 31.6. The molecule has 1 atom stereocenters. The molecule has 200 valence electrons. The zero-order valence-electron chi connectivity index (χ0n) is 21.0. The van der Waals surface area contributed by atoms with Gasteiger partial charge in [0.2, 0.25) is 4.96 Å². The first-order valence-corrected chi connectivity index (χ1v) is 14.0. The molecule has 0 bridgehead atoms. The van der Waals surface area contributed by atoms with Gasteiger partial charge >= 0.3 is 5.69 Å². The van der Waals surface area contributed by atoms with Crippen LogP contribution in [0, 0.1) is 5.82 Å². The number of nitrogens with zero attached hydrogens (tertiary/aromatic N) is 4. The standard InChI is InChI=1S/C27H30F2N6O2S/c28-19-8-13-33(14-9-19)12-2-11-31-25(36)18-5-7-23-24(16-18)38-26-32-35(27(37)34(23)26)22-6-4-17(15-20(22)29)21-3-1-10-30-21/h4-7,15-16,19,21,30H,1-3,8-14H2,(H,31,36)/t21-/m0/s1. The molecule has 38 heavy (non-hydrogen) atoms. The van der Waals surface area contributed by atoms with Crippen LogP contribution in [0.4, 0.5) is 8.78 Å². The maximum atomic E-state index is 15.0. The first-order chi connectivity index (χ1) is 18.5. The van der Waals surface area contributed by atoms with Crippen molar-refractivity contribution in [1.82, 2.24) is 29.7 Å². The van der Waals surface area contributed by atoms with Gasteiger partial charge in [-0.1, -0.05) is 17.4 Å². The molecule has 4 aromatic rings. The van der Waals surface area contributed by atoms with Gasteiger partial charge in [-0.2, -0.15) is 4.68 Å². The molecule has 2 aromatic carbocycles. The maximum absolute atomic E-state index is 15.0. The summed E-state index contributed by atoms with van der Waals surface area (Å²) in [6.07, 6.45) is 3.30. The summed E-state index contributed by atoms with van der Waals surface area (Å²) in [6.45, 7) is 3.82. The Labute approximate surface area is 222 Å². The molecule has 0 unspecified atom stereocenters. The molecular weight excluding hydrogens is 510 g/mol. The first-order valence-electron chi connectivity index (χ1n) is 13.2. The number of piperidine rings is 1. The molecule has 0 aliphatic carbocycles. The lowest BCUT2D eigenvalue weighted by Crippen LogP contribution is -2.36. The molecule has 8 nitrogen and oxygen atoms in total. The Morgan fingerprint density at radius 3 is 2.76 bits per heavy atom. The molecule has 11 heteroatoms. The molecule has 6 rings (SSSR count). The van der Waals surface area contributed by atoms with Crippen LogP contribution in [0.2, 0.25) is 0 Å². The summed E-state index contributed by atoms with van der Waals surface area (Å²) in [6, 6.07) is 10.2. The van der Waals surface area contributed by atoms with Gasteiger partial charge in [-0.25, -0.2) is 18.0 Å². The summed E-state index contributed by atoms with van der Waals surface area (Å²) >= 11 is 1.28. The fourth-order valence-corrected chi connectivity index (χ4v) is 6.45. The van der Waals surface area contributed by atoms with E-state index in [1.54, 1.807) is 24.3 Å². The second kappa shape index (κ2) is 10.5. The van der Waals surface area contributed by atoms with Crippen LogP contribution in [0.25, 0.3) is 20.9 Å². The largest absolute Gasteiger partial charge is 0.356 e. The van der Waals surface area contributed by atoms with Crippen molar-refractivity contribution < 1.29 is 13.6 Å². The van der Waals surface area contributed by atoms with E-state index in [0.29, 0.717) is 35.4 Å². The summed E-state index contributed by atoms with van der Waals surface area (Å²) in [5.74, 6) is -0.670. The maximum Gasteiger partial charge on any atom is 0.356 e. The van der Waals surface area contributed by atoms with E-state index in [1.807, 2.05) is 6.07 Å². The van der Waals surface area contributed by atoms with Crippen molar-refractivity contribution in [2.24, 2.45) is 0 Å². The zero-order chi connectivity index (χ0) is 26.2. The van der Waals surface area contributed by atoms with Crippen LogP contribution in [0.3, 0.4) is 0 Å². The summed E-state index contributed by atoms with van der Waals surface area (Å²) in [7, 11) is 0. The monoisotopic (exact) mass is 540 g/mol. The van der Waals surface area contributed by atoms with Gasteiger partial charge in [-0.3, -0.25) is 4.79 Å². The van der Waals surface area contributed by atoms with Crippen molar-refractivity contribution in [3.63, 3.8) is 0 Å². The minimum Gasteiger partial charge on any atom is -0.352 e. The number of aromatic nitrogens is 3. The first kappa shape index (κ1) is 25.1. The highest BCUT2D eigenvalue weighted by atomic mass is 32.1. The Bertz CT molecular complexity index is 1530. The number of likely N-dealkylation sites (tertiary alicyclic amines) is 1. The second-order valence-electron chi connectivity index (χ2n) is 10.1. The summed E-state index contributed by atoms with van der Waals surface area (Å²) in [5, 5.41) is 10.7. The molecule has 2 N–H and O–H groups in total. The Balaban J connectivity index is 1.16. The van der Waals surface area contributed by atoms with E-state index < -0.39 is 17.7 Å². The van der Waals surface area contributed by atoms with Crippen LogP contribution in [-0.4, -0.2) is 63.9 Å². The number of thiazole rings is 1. The topological polar surface area (TPSA) is 83.7 Å². The molecule has 1 amide bonds. The van der Waals surface area contributed by atoms with Crippen LogP contribution in [-0.2, 0) is 0 Å². The van der Waals surface area contributed by atoms with Gasteiger partial charge in [0.05, 0.1) is 10.2 Å². The molecule has 2 fully saturated rings. The molecule has 2 aliphatic rings. The molecule has 0 saturated carbocycles. The molecular formula is C27H30F2N6O2S. The van der Waals surface area contributed by atoms with E-state index in [1.165, 1.54) is 21.8 Å². The number of carbonyl (C=O) groups excluding carboxylic acids is 1. The smallest absolute Gasteiger partial charge is 0.352 e. The lowest BCUT2D eigenvalue weighted by molar-refractivity contribution is 0.0950. The molecule has 0 radical (unpaired) electrons. The van der Waals surface area contributed by atoms with E-state index in [0.717, 1.165) is 60.4 Å². The average Bonchev–Trinajstić information content (AvgIpc) is 3.64. The highest BCUT2D eigenvalue weighted by Crippen LogP contribution is 2.28. The number of alkyl halides is 1. The van der Waals surface area contributed by atoms with Crippen molar-refractivity contribution in [3.8, 4) is 5.69 Å². The van der Waals surface area contributed by atoms with Crippen LogP contribution < -0.4 is 16.3 Å². The molecule has 2 aromatic heterocycles. The van der Waals surface area contributed by atoms with Crippen LogP contribution >= 0.6 is 11.3 Å². The van der Waals surface area contributed by atoms with E-state index in [9.17, 15) is 14.0 Å². The average molecular weight is 541 g/mol. The van der Waals surface area contributed by atoms with Crippen molar-refractivity contribution in [2.45, 2.75) is 44.3 Å². The van der Waals surface area contributed by atoms with Crippen molar-refractivity contribution in [3.05, 3.63) is 63.8 Å². The van der Waals surface area contributed by atoms with Gasteiger partial charge < -0.3 is 15.5 Å². The van der Waals surface area contributed by atoms with Gasteiger partial charge in [0.25, 0.3) is 5.91 Å². The lowest BCUT2D eigenvalue weighted by atomic mass is 10.0. The van der Waals surface area contributed by atoms with Gasteiger partial charge in [-0.15, -0.1) is 5.10 Å². The minimum absolute atomic E-state index is 0.117. The number of nitrogens with one attached hydrogen (secondary N) is 2. The number of benzene rings is 2. The Hall–Kier alpha value is -3.15. The van der Waals surface area contributed by atoms with E-state index in [2.05, 4.69) is 20.6 Å². The highest BCUT2D eigenvalue weighted by Gasteiger charge is 2.21. The van der Waals surface area contributed by atoms with Crippen LogP contribution in [0.15, 0.2) is 41.2 Å².